The second kappa shape index (κ2) is 3.26. The Labute approximate surface area is 79.0 Å². The van der Waals surface area contributed by atoms with Crippen molar-refractivity contribution in [1.82, 2.24) is 10.3 Å². The van der Waals surface area contributed by atoms with Gasteiger partial charge in [0.05, 0.1) is 0 Å². The molecule has 4 nitrogen and oxygen atoms in total. The highest BCUT2D eigenvalue weighted by Gasteiger charge is 2.28. The maximum absolute atomic E-state index is 11.4. The highest BCUT2D eigenvalue weighted by atomic mass is 32.1. The second-order valence-corrected chi connectivity index (χ2v) is 3.83. The van der Waals surface area contributed by atoms with E-state index in [1.54, 1.807) is 11.6 Å². The number of β-lactam (4-membered cyclic amide) rings is 1. The molecular weight excluding hydrogens is 188 g/mol. The van der Waals surface area contributed by atoms with Crippen molar-refractivity contribution >= 4 is 23.0 Å². The van der Waals surface area contributed by atoms with Crippen molar-refractivity contribution in [2.45, 2.75) is 18.9 Å². The average Bonchev–Trinajstić information content (AvgIpc) is 2.53. The van der Waals surface area contributed by atoms with Gasteiger partial charge in [0.25, 0.3) is 0 Å². The van der Waals surface area contributed by atoms with E-state index in [4.69, 9.17) is 0 Å². The summed E-state index contributed by atoms with van der Waals surface area (Å²) in [5, 5.41) is 4.95. The number of aromatic nitrogens is 1. The molecule has 0 bridgehead atoms. The number of ketones is 1. The first-order valence-electron chi connectivity index (χ1n) is 3.98. The van der Waals surface area contributed by atoms with Crippen LogP contribution in [-0.2, 0) is 4.79 Å². The van der Waals surface area contributed by atoms with E-state index in [0.717, 1.165) is 0 Å². The quantitative estimate of drug-likeness (QED) is 0.569. The molecular formula is C8H8N2O2S. The first kappa shape index (κ1) is 8.37. The van der Waals surface area contributed by atoms with Gasteiger partial charge in [0.15, 0.2) is 10.8 Å². The summed E-state index contributed by atoms with van der Waals surface area (Å²) in [5.74, 6) is 0.0388. The lowest BCUT2D eigenvalue weighted by atomic mass is 10.0. The molecule has 0 aliphatic carbocycles. The fourth-order valence-corrected chi connectivity index (χ4v) is 1.81. The number of carbonyl (C=O) groups excluding carboxylic acids is 2. The van der Waals surface area contributed by atoms with Gasteiger partial charge < -0.3 is 5.32 Å². The van der Waals surface area contributed by atoms with Crippen LogP contribution in [0, 0.1) is 0 Å². The van der Waals surface area contributed by atoms with Crippen LogP contribution in [0.2, 0.25) is 0 Å². The van der Waals surface area contributed by atoms with E-state index in [-0.39, 0.29) is 17.7 Å². The number of thiazole rings is 1. The molecule has 0 radical (unpaired) electrons. The van der Waals surface area contributed by atoms with Gasteiger partial charge in [-0.15, -0.1) is 11.3 Å². The van der Waals surface area contributed by atoms with Crippen LogP contribution in [0.15, 0.2) is 11.6 Å². The zero-order valence-electron chi connectivity index (χ0n) is 6.82. The molecule has 1 aliphatic rings. The van der Waals surface area contributed by atoms with Crippen LogP contribution in [0.25, 0.3) is 0 Å². The maximum atomic E-state index is 11.4. The number of hydrogen-bond acceptors (Lipinski definition) is 4. The van der Waals surface area contributed by atoms with Crippen molar-refractivity contribution in [3.63, 3.8) is 0 Å². The van der Waals surface area contributed by atoms with Crippen LogP contribution in [0.4, 0.5) is 0 Å². The SMILES string of the molecule is O=C1C[C@@H](CC(=O)c2nccs2)N1. The number of hydrogen-bond donors (Lipinski definition) is 1. The Kier molecular flexibility index (Phi) is 2.10. The van der Waals surface area contributed by atoms with Crippen molar-refractivity contribution in [2.75, 3.05) is 0 Å². The van der Waals surface area contributed by atoms with Gasteiger partial charge in [-0.1, -0.05) is 0 Å². The predicted molar refractivity (Wildman–Crippen MR) is 47.6 cm³/mol. The van der Waals surface area contributed by atoms with Crippen LogP contribution in [0.5, 0.6) is 0 Å². The molecule has 0 spiro atoms. The predicted octanol–water partition coefficient (Wildman–Crippen LogP) is 0.604. The molecule has 1 aromatic rings. The zero-order valence-corrected chi connectivity index (χ0v) is 7.63. The largest absolute Gasteiger partial charge is 0.352 e. The van der Waals surface area contributed by atoms with Gasteiger partial charge in [-0.2, -0.15) is 0 Å². The average molecular weight is 196 g/mol. The lowest BCUT2D eigenvalue weighted by molar-refractivity contribution is -0.127. The Balaban J connectivity index is 1.89. The summed E-state index contributed by atoms with van der Waals surface area (Å²) in [5.41, 5.74) is 0. The van der Waals surface area contributed by atoms with Gasteiger partial charge in [0.1, 0.15) is 0 Å². The molecule has 0 unspecified atom stereocenters. The standard InChI is InChI=1S/C8H8N2O2S/c11-6(8-9-1-2-13-8)3-5-4-7(12)10-5/h1-2,5H,3-4H2,(H,10,12)/t5-/m1/s1. The van der Waals surface area contributed by atoms with Crippen molar-refractivity contribution < 1.29 is 9.59 Å². The minimum absolute atomic E-state index is 0.0139. The summed E-state index contributed by atoms with van der Waals surface area (Å²) in [6, 6.07) is 0.0314. The van der Waals surface area contributed by atoms with Crippen molar-refractivity contribution in [1.29, 1.82) is 0 Å². The molecule has 5 heteroatoms. The number of Topliss-reactive ketones (excluding diaryl/α,β-unsaturated/α-hetero) is 1. The summed E-state index contributed by atoms with van der Waals surface area (Å²) in [6.07, 6.45) is 2.45. The van der Waals surface area contributed by atoms with E-state index in [0.29, 0.717) is 17.8 Å². The Hall–Kier alpha value is -1.23. The van der Waals surface area contributed by atoms with Crippen LogP contribution >= 0.6 is 11.3 Å². The van der Waals surface area contributed by atoms with E-state index < -0.39 is 0 Å². The van der Waals surface area contributed by atoms with Gasteiger partial charge in [-0.3, -0.25) is 9.59 Å². The van der Waals surface area contributed by atoms with E-state index in [1.165, 1.54) is 11.3 Å². The molecule has 1 aromatic heterocycles. The van der Waals surface area contributed by atoms with Crippen LogP contribution in [-0.4, -0.2) is 22.7 Å². The van der Waals surface area contributed by atoms with Crippen LogP contribution < -0.4 is 5.32 Å². The molecule has 2 heterocycles. The van der Waals surface area contributed by atoms with Gasteiger partial charge >= 0.3 is 0 Å². The third kappa shape index (κ3) is 1.75. The Morgan fingerprint density at radius 3 is 3.08 bits per heavy atom. The summed E-state index contributed by atoms with van der Waals surface area (Å²) >= 11 is 1.34. The van der Waals surface area contributed by atoms with E-state index in [9.17, 15) is 9.59 Å². The second-order valence-electron chi connectivity index (χ2n) is 2.93. The van der Waals surface area contributed by atoms with Crippen molar-refractivity contribution in [3.8, 4) is 0 Å². The minimum Gasteiger partial charge on any atom is -0.352 e. The molecule has 1 amide bonds. The lowest BCUT2D eigenvalue weighted by Crippen LogP contribution is -2.49. The summed E-state index contributed by atoms with van der Waals surface area (Å²) in [7, 11) is 0. The molecule has 1 N–H and O–H groups in total. The van der Waals surface area contributed by atoms with Crippen molar-refractivity contribution in [2.24, 2.45) is 0 Å². The highest BCUT2D eigenvalue weighted by molar-refractivity contribution is 7.11. The number of nitrogens with zero attached hydrogens (tertiary/aromatic N) is 1. The first-order valence-corrected chi connectivity index (χ1v) is 4.86. The van der Waals surface area contributed by atoms with Gasteiger partial charge in [0, 0.05) is 30.5 Å². The summed E-state index contributed by atoms with van der Waals surface area (Å²) in [6.45, 7) is 0. The third-order valence-corrected chi connectivity index (χ3v) is 2.71. The Bertz CT molecular complexity index is 326. The third-order valence-electron chi connectivity index (χ3n) is 1.90. The monoisotopic (exact) mass is 196 g/mol. The molecule has 1 aliphatic heterocycles. The van der Waals surface area contributed by atoms with Gasteiger partial charge in [-0.25, -0.2) is 4.98 Å². The fourth-order valence-electron chi connectivity index (χ4n) is 1.23. The summed E-state index contributed by atoms with van der Waals surface area (Å²) < 4.78 is 0. The smallest absolute Gasteiger partial charge is 0.222 e. The zero-order chi connectivity index (χ0) is 9.26. The minimum atomic E-state index is 0.0139. The Morgan fingerprint density at radius 1 is 1.77 bits per heavy atom. The van der Waals surface area contributed by atoms with E-state index >= 15 is 0 Å². The fraction of sp³-hybridized carbons (Fsp3) is 0.375. The maximum Gasteiger partial charge on any atom is 0.222 e. The van der Waals surface area contributed by atoms with Crippen LogP contribution in [0.3, 0.4) is 0 Å². The Morgan fingerprint density at radius 2 is 2.54 bits per heavy atom. The highest BCUT2D eigenvalue weighted by Crippen LogP contribution is 2.14. The molecule has 0 aromatic carbocycles. The van der Waals surface area contributed by atoms with E-state index in [1.807, 2.05) is 0 Å². The summed E-state index contributed by atoms with van der Waals surface area (Å²) in [4.78, 5) is 25.9. The molecule has 2 rings (SSSR count). The van der Waals surface area contributed by atoms with Gasteiger partial charge in [0.2, 0.25) is 5.91 Å². The normalized spacial score (nSPS) is 20.6. The molecule has 68 valence electrons. The number of amides is 1. The molecule has 13 heavy (non-hydrogen) atoms. The number of nitrogens with one attached hydrogen (secondary N) is 1. The van der Waals surface area contributed by atoms with Crippen LogP contribution in [0.1, 0.15) is 22.6 Å². The van der Waals surface area contributed by atoms with Gasteiger partial charge in [-0.05, 0) is 0 Å². The molecule has 1 saturated heterocycles. The molecule has 0 saturated carbocycles. The molecule has 1 fully saturated rings. The lowest BCUT2D eigenvalue weighted by Gasteiger charge is -2.25. The van der Waals surface area contributed by atoms with Crippen molar-refractivity contribution in [3.05, 3.63) is 16.6 Å². The van der Waals surface area contributed by atoms with E-state index in [2.05, 4.69) is 10.3 Å². The topological polar surface area (TPSA) is 59.1 Å². The number of carbonyl (C=O) groups is 2. The number of rotatable bonds is 3. The molecule has 1 atom stereocenters. The first-order chi connectivity index (χ1) is 6.25.